The zero-order valence-electron chi connectivity index (χ0n) is 11.9. The average Bonchev–Trinajstić information content (AvgIpc) is 3.08. The van der Waals surface area contributed by atoms with Gasteiger partial charge in [0.1, 0.15) is 24.2 Å². The molecule has 0 saturated carbocycles. The van der Waals surface area contributed by atoms with Crippen molar-refractivity contribution in [2.24, 2.45) is 0 Å². The Hall–Kier alpha value is -2.81. The number of rotatable bonds is 3. The molecule has 2 aromatic rings. The van der Waals surface area contributed by atoms with E-state index in [0.717, 1.165) is 6.07 Å². The third-order valence-electron chi connectivity index (χ3n) is 3.49. The van der Waals surface area contributed by atoms with Crippen molar-refractivity contribution >= 4 is 11.9 Å². The quantitative estimate of drug-likeness (QED) is 0.875. The maximum absolute atomic E-state index is 14.2. The van der Waals surface area contributed by atoms with Gasteiger partial charge in [-0.1, -0.05) is 0 Å². The van der Waals surface area contributed by atoms with Crippen LogP contribution in [0, 0.1) is 5.82 Å². The summed E-state index contributed by atoms with van der Waals surface area (Å²) in [7, 11) is 0. The molecule has 1 saturated heterocycles. The van der Waals surface area contributed by atoms with Crippen LogP contribution in [0.5, 0.6) is 0 Å². The fourth-order valence-corrected chi connectivity index (χ4v) is 2.32. The first-order valence-electron chi connectivity index (χ1n) is 6.84. The Morgan fingerprint density at radius 1 is 1.39 bits per heavy atom. The van der Waals surface area contributed by atoms with E-state index in [1.807, 2.05) is 0 Å². The molecule has 0 aliphatic carbocycles. The van der Waals surface area contributed by atoms with E-state index in [1.165, 1.54) is 34.4 Å². The van der Waals surface area contributed by atoms with Gasteiger partial charge in [0, 0.05) is 12.1 Å². The number of halogens is 1. The average molecular weight is 320 g/mol. The lowest BCUT2D eigenvalue weighted by Crippen LogP contribution is -2.48. The number of carboxylic acids is 1. The van der Waals surface area contributed by atoms with Crippen molar-refractivity contribution in [1.82, 2.24) is 19.7 Å². The van der Waals surface area contributed by atoms with Crippen LogP contribution in [-0.2, 0) is 9.53 Å². The van der Waals surface area contributed by atoms with Crippen LogP contribution in [0.2, 0.25) is 0 Å². The van der Waals surface area contributed by atoms with Gasteiger partial charge in [-0.2, -0.15) is 5.10 Å². The van der Waals surface area contributed by atoms with Gasteiger partial charge in [0.05, 0.1) is 13.2 Å². The molecule has 1 aromatic heterocycles. The molecule has 0 radical (unpaired) electrons. The molecule has 1 aliphatic heterocycles. The van der Waals surface area contributed by atoms with Gasteiger partial charge in [-0.3, -0.25) is 4.79 Å². The number of hydrogen-bond donors (Lipinski definition) is 1. The van der Waals surface area contributed by atoms with Gasteiger partial charge >= 0.3 is 5.97 Å². The first kappa shape index (κ1) is 15.1. The summed E-state index contributed by atoms with van der Waals surface area (Å²) in [6.45, 7) is 0.317. The number of carbonyl (C=O) groups is 2. The highest BCUT2D eigenvalue weighted by atomic mass is 19.1. The molecule has 1 fully saturated rings. The highest BCUT2D eigenvalue weighted by molar-refractivity contribution is 5.95. The molecule has 120 valence electrons. The number of carbonyl (C=O) groups excluding carboxylic acids is 1. The number of aromatic nitrogens is 3. The number of nitrogens with zero attached hydrogens (tertiary/aromatic N) is 4. The molecular formula is C14H13FN4O4. The van der Waals surface area contributed by atoms with Gasteiger partial charge in [0.2, 0.25) is 0 Å². The van der Waals surface area contributed by atoms with Crippen molar-refractivity contribution in [1.29, 1.82) is 0 Å². The summed E-state index contributed by atoms with van der Waals surface area (Å²) in [5, 5.41) is 12.8. The predicted molar refractivity (Wildman–Crippen MR) is 74.6 cm³/mol. The molecule has 0 spiro atoms. The maximum atomic E-state index is 14.2. The second-order valence-electron chi connectivity index (χ2n) is 4.96. The van der Waals surface area contributed by atoms with Gasteiger partial charge in [0.25, 0.3) is 5.91 Å². The fraction of sp³-hybridized carbons (Fsp3) is 0.286. The molecule has 2 heterocycles. The van der Waals surface area contributed by atoms with E-state index in [4.69, 9.17) is 9.84 Å². The smallest absolute Gasteiger partial charge is 0.334 e. The molecule has 1 atom stereocenters. The van der Waals surface area contributed by atoms with Crippen molar-refractivity contribution in [2.45, 2.75) is 6.10 Å². The predicted octanol–water partition coefficient (Wildman–Crippen LogP) is 0.332. The minimum absolute atomic E-state index is 0.0688. The zero-order valence-corrected chi connectivity index (χ0v) is 11.9. The van der Waals surface area contributed by atoms with E-state index in [-0.39, 0.29) is 30.9 Å². The molecule has 1 aliphatic rings. The van der Waals surface area contributed by atoms with Gasteiger partial charge in [-0.05, 0) is 18.2 Å². The summed E-state index contributed by atoms with van der Waals surface area (Å²) in [6, 6.07) is 3.99. The Morgan fingerprint density at radius 2 is 2.22 bits per heavy atom. The van der Waals surface area contributed by atoms with Crippen LogP contribution in [0.1, 0.15) is 10.4 Å². The fourth-order valence-electron chi connectivity index (χ4n) is 2.32. The molecule has 23 heavy (non-hydrogen) atoms. The second-order valence-corrected chi connectivity index (χ2v) is 4.96. The van der Waals surface area contributed by atoms with Crippen molar-refractivity contribution in [3.63, 3.8) is 0 Å². The number of benzene rings is 1. The Labute approximate surface area is 130 Å². The van der Waals surface area contributed by atoms with Crippen LogP contribution in [0.25, 0.3) is 5.69 Å². The van der Waals surface area contributed by atoms with Crippen LogP contribution in [0.3, 0.4) is 0 Å². The van der Waals surface area contributed by atoms with Crippen LogP contribution in [0.4, 0.5) is 4.39 Å². The van der Waals surface area contributed by atoms with Gasteiger partial charge < -0.3 is 14.7 Å². The minimum atomic E-state index is -1.13. The Balaban J connectivity index is 1.80. The van der Waals surface area contributed by atoms with Crippen LogP contribution >= 0.6 is 0 Å². The van der Waals surface area contributed by atoms with E-state index < -0.39 is 23.8 Å². The lowest BCUT2D eigenvalue weighted by Gasteiger charge is -2.31. The third kappa shape index (κ3) is 3.04. The standard InChI is InChI=1S/C14H13FN4O4/c15-10-5-9(1-2-11(10)19-8-16-7-17-19)13(20)18-3-4-23-12(6-18)14(21)22/h1-2,5,7-8,12H,3-4,6H2,(H,21,22)/t12-/m0/s1. The summed E-state index contributed by atoms with van der Waals surface area (Å²) in [5.74, 6) is -2.19. The molecule has 0 unspecified atom stereocenters. The molecule has 1 aromatic carbocycles. The van der Waals surface area contributed by atoms with E-state index >= 15 is 0 Å². The zero-order chi connectivity index (χ0) is 16.4. The maximum Gasteiger partial charge on any atom is 0.334 e. The second kappa shape index (κ2) is 6.13. The van der Waals surface area contributed by atoms with Crippen molar-refractivity contribution in [2.75, 3.05) is 19.7 Å². The number of ether oxygens (including phenoxy) is 1. The lowest BCUT2D eigenvalue weighted by atomic mass is 10.1. The molecule has 1 N–H and O–H groups in total. The number of morpholine rings is 1. The lowest BCUT2D eigenvalue weighted by molar-refractivity contribution is -0.154. The van der Waals surface area contributed by atoms with Crippen molar-refractivity contribution in [3.8, 4) is 5.69 Å². The number of aliphatic carboxylic acids is 1. The van der Waals surface area contributed by atoms with E-state index in [2.05, 4.69) is 10.1 Å². The Kier molecular flexibility index (Phi) is 4.02. The molecule has 3 rings (SSSR count). The SMILES string of the molecule is O=C(O)[C@@H]1CN(C(=O)c2ccc(-n3cncn3)c(F)c2)CCO1. The van der Waals surface area contributed by atoms with Gasteiger partial charge in [0.15, 0.2) is 6.10 Å². The summed E-state index contributed by atoms with van der Waals surface area (Å²) in [6.07, 6.45) is 1.56. The van der Waals surface area contributed by atoms with E-state index in [9.17, 15) is 14.0 Å². The number of hydrogen-bond acceptors (Lipinski definition) is 5. The Morgan fingerprint density at radius 3 is 2.87 bits per heavy atom. The number of amides is 1. The van der Waals surface area contributed by atoms with Gasteiger partial charge in [-0.25, -0.2) is 18.9 Å². The minimum Gasteiger partial charge on any atom is -0.479 e. The molecule has 1 amide bonds. The number of carboxylic acid groups (broad SMARTS) is 1. The first-order chi connectivity index (χ1) is 11.1. The summed E-state index contributed by atoms with van der Waals surface area (Å²) < 4.78 is 20.5. The van der Waals surface area contributed by atoms with Crippen LogP contribution in [0.15, 0.2) is 30.9 Å². The first-order valence-corrected chi connectivity index (χ1v) is 6.84. The van der Waals surface area contributed by atoms with Crippen molar-refractivity contribution < 1.29 is 23.8 Å². The van der Waals surface area contributed by atoms with Crippen molar-refractivity contribution in [3.05, 3.63) is 42.2 Å². The highest BCUT2D eigenvalue weighted by Crippen LogP contribution is 2.17. The molecule has 0 bridgehead atoms. The van der Waals surface area contributed by atoms with Gasteiger partial charge in [-0.15, -0.1) is 0 Å². The summed E-state index contributed by atoms with van der Waals surface area (Å²) in [4.78, 5) is 28.4. The largest absolute Gasteiger partial charge is 0.479 e. The normalized spacial score (nSPS) is 18.0. The summed E-state index contributed by atoms with van der Waals surface area (Å²) >= 11 is 0. The monoisotopic (exact) mass is 320 g/mol. The topological polar surface area (TPSA) is 97.6 Å². The van der Waals surface area contributed by atoms with E-state index in [1.54, 1.807) is 0 Å². The molecule has 8 nitrogen and oxygen atoms in total. The van der Waals surface area contributed by atoms with Crippen LogP contribution in [-0.4, -0.2) is 62.4 Å². The summed E-state index contributed by atoms with van der Waals surface area (Å²) in [5.41, 5.74) is 0.307. The highest BCUT2D eigenvalue weighted by Gasteiger charge is 2.29. The van der Waals surface area contributed by atoms with E-state index in [0.29, 0.717) is 0 Å². The molecular weight excluding hydrogens is 307 g/mol. The Bertz CT molecular complexity index is 734. The van der Waals surface area contributed by atoms with Crippen LogP contribution < -0.4 is 0 Å². The third-order valence-corrected chi connectivity index (χ3v) is 3.49. The molecule has 9 heteroatoms.